The lowest BCUT2D eigenvalue weighted by molar-refractivity contribution is -0.116. The van der Waals surface area contributed by atoms with E-state index in [0.717, 1.165) is 40.8 Å². The second-order valence-corrected chi connectivity index (χ2v) is 8.39. The van der Waals surface area contributed by atoms with Gasteiger partial charge in [-0.1, -0.05) is 42.8 Å². The Balaban J connectivity index is 1.38. The Morgan fingerprint density at radius 3 is 2.66 bits per heavy atom. The molecule has 4 aromatic rings. The normalized spacial score (nSPS) is 14.7. The molecule has 2 aromatic heterocycles. The van der Waals surface area contributed by atoms with Crippen molar-refractivity contribution in [2.75, 3.05) is 18.4 Å². The highest BCUT2D eigenvalue weighted by Gasteiger charge is 2.19. The fourth-order valence-electron chi connectivity index (χ4n) is 4.34. The predicted molar refractivity (Wildman–Crippen MR) is 124 cm³/mol. The summed E-state index contributed by atoms with van der Waals surface area (Å²) in [6, 6.07) is 15.7. The monoisotopic (exact) mass is 429 g/mol. The summed E-state index contributed by atoms with van der Waals surface area (Å²) in [5, 5.41) is 12.6. The number of aryl methyl sites for hydroxylation is 1. The SMILES string of the molecule is Cc1ccccc1NC(=O)Cn1cc(-c2nnc(CN3CCCCC3)o2)c2ccccc21. The molecule has 7 nitrogen and oxygen atoms in total. The molecule has 2 aromatic carbocycles. The number of rotatable bonds is 6. The molecule has 7 heteroatoms. The van der Waals surface area contributed by atoms with Gasteiger partial charge in [-0.05, 0) is 50.6 Å². The Labute approximate surface area is 187 Å². The average Bonchev–Trinajstić information content (AvgIpc) is 3.41. The van der Waals surface area contributed by atoms with E-state index in [0.29, 0.717) is 18.3 Å². The van der Waals surface area contributed by atoms with E-state index < -0.39 is 0 Å². The maximum Gasteiger partial charge on any atom is 0.249 e. The van der Waals surface area contributed by atoms with Crippen LogP contribution < -0.4 is 5.32 Å². The van der Waals surface area contributed by atoms with Crippen molar-refractivity contribution in [2.45, 2.75) is 39.3 Å². The van der Waals surface area contributed by atoms with Gasteiger partial charge < -0.3 is 14.3 Å². The van der Waals surface area contributed by atoms with Crippen molar-refractivity contribution in [1.82, 2.24) is 19.7 Å². The van der Waals surface area contributed by atoms with Crippen LogP contribution in [0.4, 0.5) is 5.69 Å². The summed E-state index contributed by atoms with van der Waals surface area (Å²) in [7, 11) is 0. The van der Waals surface area contributed by atoms with Gasteiger partial charge >= 0.3 is 0 Å². The number of nitrogens with zero attached hydrogens (tertiary/aromatic N) is 4. The molecule has 0 saturated carbocycles. The first-order valence-electron chi connectivity index (χ1n) is 11.2. The highest BCUT2D eigenvalue weighted by atomic mass is 16.4. The Bertz CT molecular complexity index is 1240. The van der Waals surface area contributed by atoms with Gasteiger partial charge in [-0.2, -0.15) is 0 Å². The first kappa shape index (κ1) is 20.5. The van der Waals surface area contributed by atoms with Crippen LogP contribution in [0.15, 0.2) is 59.1 Å². The molecule has 1 N–H and O–H groups in total. The number of fused-ring (bicyclic) bond motifs is 1. The van der Waals surface area contributed by atoms with Gasteiger partial charge in [0.2, 0.25) is 17.7 Å². The number of carbonyl (C=O) groups excluding carboxylic acids is 1. The van der Waals surface area contributed by atoms with Crippen LogP contribution in [0.3, 0.4) is 0 Å². The van der Waals surface area contributed by atoms with Gasteiger partial charge in [0.15, 0.2) is 0 Å². The maximum atomic E-state index is 12.8. The number of para-hydroxylation sites is 2. The number of likely N-dealkylation sites (tertiary alicyclic amines) is 1. The number of nitrogens with one attached hydrogen (secondary N) is 1. The van der Waals surface area contributed by atoms with E-state index in [9.17, 15) is 4.79 Å². The summed E-state index contributed by atoms with van der Waals surface area (Å²) in [6.07, 6.45) is 5.67. The van der Waals surface area contributed by atoms with E-state index >= 15 is 0 Å². The number of hydrogen-bond acceptors (Lipinski definition) is 5. The summed E-state index contributed by atoms with van der Waals surface area (Å²) in [5.74, 6) is 1.05. The van der Waals surface area contributed by atoms with Crippen LogP contribution in [0.1, 0.15) is 30.7 Å². The van der Waals surface area contributed by atoms with Gasteiger partial charge in [-0.15, -0.1) is 10.2 Å². The molecule has 164 valence electrons. The summed E-state index contributed by atoms with van der Waals surface area (Å²) >= 11 is 0. The van der Waals surface area contributed by atoms with Crippen molar-refractivity contribution >= 4 is 22.5 Å². The third-order valence-electron chi connectivity index (χ3n) is 6.03. The van der Waals surface area contributed by atoms with Crippen molar-refractivity contribution < 1.29 is 9.21 Å². The third kappa shape index (κ3) is 4.29. The van der Waals surface area contributed by atoms with E-state index in [4.69, 9.17) is 4.42 Å². The minimum Gasteiger partial charge on any atom is -0.419 e. The van der Waals surface area contributed by atoms with Crippen LogP contribution in [0, 0.1) is 6.92 Å². The highest BCUT2D eigenvalue weighted by molar-refractivity contribution is 5.96. The largest absolute Gasteiger partial charge is 0.419 e. The fourth-order valence-corrected chi connectivity index (χ4v) is 4.34. The minimum absolute atomic E-state index is 0.0806. The molecule has 1 saturated heterocycles. The molecule has 1 amide bonds. The number of benzene rings is 2. The third-order valence-corrected chi connectivity index (χ3v) is 6.03. The van der Waals surface area contributed by atoms with E-state index in [-0.39, 0.29) is 12.5 Å². The molecule has 32 heavy (non-hydrogen) atoms. The molecule has 0 radical (unpaired) electrons. The van der Waals surface area contributed by atoms with Gasteiger partial charge in [-0.25, -0.2) is 0 Å². The number of piperidine rings is 1. The summed E-state index contributed by atoms with van der Waals surface area (Å²) in [6.45, 7) is 5.02. The molecule has 1 aliphatic heterocycles. The zero-order valence-electron chi connectivity index (χ0n) is 18.3. The molecular formula is C25H27N5O2. The van der Waals surface area contributed by atoms with Gasteiger partial charge in [0, 0.05) is 22.8 Å². The van der Waals surface area contributed by atoms with Crippen molar-refractivity contribution in [3.05, 3.63) is 66.2 Å². The molecule has 0 bridgehead atoms. The second-order valence-electron chi connectivity index (χ2n) is 8.39. The molecule has 0 spiro atoms. The van der Waals surface area contributed by atoms with Gasteiger partial charge in [0.1, 0.15) is 6.54 Å². The van der Waals surface area contributed by atoms with Crippen molar-refractivity contribution in [2.24, 2.45) is 0 Å². The lowest BCUT2D eigenvalue weighted by Gasteiger charge is -2.24. The first-order chi connectivity index (χ1) is 15.7. The van der Waals surface area contributed by atoms with E-state index in [1.165, 1.54) is 19.3 Å². The van der Waals surface area contributed by atoms with Gasteiger partial charge in [0.05, 0.1) is 12.1 Å². The van der Waals surface area contributed by atoms with Crippen LogP contribution in [-0.4, -0.2) is 38.7 Å². The lowest BCUT2D eigenvalue weighted by atomic mass is 10.1. The van der Waals surface area contributed by atoms with Crippen LogP contribution in [-0.2, 0) is 17.9 Å². The Morgan fingerprint density at radius 1 is 1.03 bits per heavy atom. The summed E-state index contributed by atoms with van der Waals surface area (Å²) in [5.41, 5.74) is 3.67. The van der Waals surface area contributed by atoms with E-state index in [2.05, 4.69) is 20.4 Å². The van der Waals surface area contributed by atoms with Crippen molar-refractivity contribution in [3.8, 4) is 11.5 Å². The molecule has 1 fully saturated rings. The smallest absolute Gasteiger partial charge is 0.249 e. The van der Waals surface area contributed by atoms with Crippen molar-refractivity contribution in [1.29, 1.82) is 0 Å². The second kappa shape index (κ2) is 8.96. The predicted octanol–water partition coefficient (Wildman–Crippen LogP) is 4.62. The molecule has 0 unspecified atom stereocenters. The van der Waals surface area contributed by atoms with Gasteiger partial charge in [0.25, 0.3) is 0 Å². The zero-order chi connectivity index (χ0) is 21.9. The number of anilines is 1. The molecule has 3 heterocycles. The van der Waals surface area contributed by atoms with Crippen LogP contribution in [0.25, 0.3) is 22.4 Å². The number of amides is 1. The zero-order valence-corrected chi connectivity index (χ0v) is 18.3. The molecule has 0 aliphatic carbocycles. The Hall–Kier alpha value is -3.45. The number of hydrogen-bond donors (Lipinski definition) is 1. The van der Waals surface area contributed by atoms with E-state index in [1.54, 1.807) is 0 Å². The topological polar surface area (TPSA) is 76.2 Å². The van der Waals surface area contributed by atoms with Crippen LogP contribution in [0.2, 0.25) is 0 Å². The molecular weight excluding hydrogens is 402 g/mol. The lowest BCUT2D eigenvalue weighted by Crippen LogP contribution is -2.29. The first-order valence-corrected chi connectivity index (χ1v) is 11.2. The van der Waals surface area contributed by atoms with Crippen molar-refractivity contribution in [3.63, 3.8) is 0 Å². The minimum atomic E-state index is -0.0806. The molecule has 5 rings (SSSR count). The Kier molecular flexibility index (Phi) is 5.73. The molecule has 1 aliphatic rings. The summed E-state index contributed by atoms with van der Waals surface area (Å²) < 4.78 is 7.97. The van der Waals surface area contributed by atoms with Gasteiger partial charge in [-0.3, -0.25) is 9.69 Å². The standard InChI is InChI=1S/C25H27N5O2/c1-18-9-3-5-11-21(18)26-23(31)16-30-15-20(19-10-4-6-12-22(19)30)25-28-27-24(32-25)17-29-13-7-2-8-14-29/h3-6,9-12,15H,2,7-8,13-14,16-17H2,1H3,(H,26,31). The number of carbonyl (C=O) groups is 1. The average molecular weight is 430 g/mol. The van der Waals surface area contributed by atoms with Crippen LogP contribution >= 0.6 is 0 Å². The highest BCUT2D eigenvalue weighted by Crippen LogP contribution is 2.30. The quantitative estimate of drug-likeness (QED) is 0.484. The fraction of sp³-hybridized carbons (Fsp3) is 0.320. The maximum absolute atomic E-state index is 12.8. The van der Waals surface area contributed by atoms with E-state index in [1.807, 2.05) is 66.2 Å². The Morgan fingerprint density at radius 2 is 1.81 bits per heavy atom. The molecule has 0 atom stereocenters. The number of aromatic nitrogens is 3. The summed E-state index contributed by atoms with van der Waals surface area (Å²) in [4.78, 5) is 15.1. The van der Waals surface area contributed by atoms with Crippen LogP contribution in [0.5, 0.6) is 0 Å².